The highest BCUT2D eigenvalue weighted by atomic mass is 32.2. The van der Waals surface area contributed by atoms with Gasteiger partial charge in [0, 0.05) is 25.4 Å². The molecular formula is C15H22N2O5S. The molecule has 8 heteroatoms. The van der Waals surface area contributed by atoms with Crippen molar-refractivity contribution in [2.24, 2.45) is 0 Å². The number of carbonyl (C=O) groups excluding carboxylic acids is 1. The molecule has 1 aromatic rings. The van der Waals surface area contributed by atoms with Crippen LogP contribution >= 0.6 is 0 Å². The fourth-order valence-electron chi connectivity index (χ4n) is 2.23. The standard InChI is InChI=1S/C15H22N2O5S/c1-4-17(11(2)10-23(3,21)22)15(20)16-9-12-5-7-13(8-6-12)14(18)19/h5-8,11H,4,9-10H2,1-3H3,(H,16,20)(H,18,19). The molecule has 1 unspecified atom stereocenters. The fourth-order valence-corrected chi connectivity index (χ4v) is 3.28. The lowest BCUT2D eigenvalue weighted by molar-refractivity contribution is 0.0696. The summed E-state index contributed by atoms with van der Waals surface area (Å²) in [6.07, 6.45) is 1.14. The first-order valence-corrected chi connectivity index (χ1v) is 9.24. The second-order valence-corrected chi connectivity index (χ2v) is 7.57. The number of carboxylic acid groups (broad SMARTS) is 1. The summed E-state index contributed by atoms with van der Waals surface area (Å²) in [6.45, 7) is 4.09. The highest BCUT2D eigenvalue weighted by molar-refractivity contribution is 7.90. The Morgan fingerprint density at radius 3 is 2.26 bits per heavy atom. The molecule has 23 heavy (non-hydrogen) atoms. The highest BCUT2D eigenvalue weighted by Crippen LogP contribution is 2.06. The lowest BCUT2D eigenvalue weighted by Gasteiger charge is -2.27. The molecule has 0 spiro atoms. The van der Waals surface area contributed by atoms with Gasteiger partial charge in [0.15, 0.2) is 0 Å². The lowest BCUT2D eigenvalue weighted by atomic mass is 10.1. The van der Waals surface area contributed by atoms with Gasteiger partial charge in [-0.15, -0.1) is 0 Å². The topological polar surface area (TPSA) is 104 Å². The zero-order chi connectivity index (χ0) is 17.6. The number of nitrogens with zero attached hydrogens (tertiary/aromatic N) is 1. The molecule has 7 nitrogen and oxygen atoms in total. The molecule has 0 saturated carbocycles. The number of urea groups is 1. The average molecular weight is 342 g/mol. The quantitative estimate of drug-likeness (QED) is 0.778. The van der Waals surface area contributed by atoms with Crippen LogP contribution in [0.4, 0.5) is 4.79 Å². The van der Waals surface area contributed by atoms with Gasteiger partial charge in [-0.05, 0) is 31.5 Å². The number of hydrogen-bond acceptors (Lipinski definition) is 4. The van der Waals surface area contributed by atoms with Crippen molar-refractivity contribution in [2.75, 3.05) is 18.6 Å². The predicted octanol–water partition coefficient (Wildman–Crippen LogP) is 1.35. The Morgan fingerprint density at radius 1 is 1.26 bits per heavy atom. The molecule has 0 aliphatic carbocycles. The van der Waals surface area contributed by atoms with Crippen LogP contribution in [0.5, 0.6) is 0 Å². The number of carboxylic acids is 1. The van der Waals surface area contributed by atoms with E-state index in [1.807, 2.05) is 0 Å². The van der Waals surface area contributed by atoms with E-state index in [4.69, 9.17) is 5.11 Å². The Bertz CT molecular complexity index is 655. The maximum absolute atomic E-state index is 12.2. The summed E-state index contributed by atoms with van der Waals surface area (Å²) in [5, 5.41) is 11.5. The summed E-state index contributed by atoms with van der Waals surface area (Å²) in [6, 6.07) is 5.40. The Labute approximate surface area is 136 Å². The normalized spacial score (nSPS) is 12.5. The molecule has 1 rings (SSSR count). The SMILES string of the molecule is CCN(C(=O)NCc1ccc(C(=O)O)cc1)C(C)CS(C)(=O)=O. The Kier molecular flexibility index (Phi) is 6.56. The summed E-state index contributed by atoms with van der Waals surface area (Å²) in [5.74, 6) is -1.10. The Balaban J connectivity index is 2.64. The number of carbonyl (C=O) groups is 2. The van der Waals surface area contributed by atoms with E-state index < -0.39 is 21.8 Å². The van der Waals surface area contributed by atoms with E-state index in [-0.39, 0.29) is 23.9 Å². The van der Waals surface area contributed by atoms with Crippen LogP contribution in [0, 0.1) is 0 Å². The van der Waals surface area contributed by atoms with Gasteiger partial charge in [-0.2, -0.15) is 0 Å². The number of nitrogens with one attached hydrogen (secondary N) is 1. The molecule has 2 amide bonds. The van der Waals surface area contributed by atoms with Gasteiger partial charge in [-0.1, -0.05) is 12.1 Å². The third kappa shape index (κ3) is 6.27. The third-order valence-corrected chi connectivity index (χ3v) is 4.41. The Hall–Kier alpha value is -2.09. The Morgan fingerprint density at radius 2 is 1.83 bits per heavy atom. The van der Waals surface area contributed by atoms with Gasteiger partial charge in [0.25, 0.3) is 0 Å². The van der Waals surface area contributed by atoms with Crippen molar-refractivity contribution in [3.8, 4) is 0 Å². The minimum absolute atomic E-state index is 0.0957. The number of benzene rings is 1. The van der Waals surface area contributed by atoms with Crippen LogP contribution in [0.2, 0.25) is 0 Å². The largest absolute Gasteiger partial charge is 0.478 e. The van der Waals surface area contributed by atoms with Gasteiger partial charge >= 0.3 is 12.0 Å². The molecule has 0 saturated heterocycles. The summed E-state index contributed by atoms with van der Waals surface area (Å²) in [5.41, 5.74) is 0.937. The molecule has 0 heterocycles. The van der Waals surface area contributed by atoms with E-state index in [0.29, 0.717) is 6.54 Å². The van der Waals surface area contributed by atoms with Crippen LogP contribution in [-0.2, 0) is 16.4 Å². The van der Waals surface area contributed by atoms with E-state index in [1.165, 1.54) is 17.0 Å². The van der Waals surface area contributed by atoms with Gasteiger partial charge in [0.05, 0.1) is 11.3 Å². The third-order valence-electron chi connectivity index (χ3n) is 3.32. The molecule has 0 aliphatic rings. The summed E-state index contributed by atoms with van der Waals surface area (Å²) < 4.78 is 22.7. The number of rotatable bonds is 7. The van der Waals surface area contributed by atoms with Crippen molar-refractivity contribution in [1.82, 2.24) is 10.2 Å². The maximum atomic E-state index is 12.2. The van der Waals surface area contributed by atoms with Crippen LogP contribution in [-0.4, -0.2) is 55.0 Å². The molecule has 1 atom stereocenters. The second-order valence-electron chi connectivity index (χ2n) is 5.39. The van der Waals surface area contributed by atoms with Crippen LogP contribution in [0.1, 0.15) is 29.8 Å². The van der Waals surface area contributed by atoms with Gasteiger partial charge in [0.1, 0.15) is 9.84 Å². The van der Waals surface area contributed by atoms with Crippen LogP contribution in [0.25, 0.3) is 0 Å². The monoisotopic (exact) mass is 342 g/mol. The minimum atomic E-state index is -3.17. The molecule has 0 bridgehead atoms. The molecule has 2 N–H and O–H groups in total. The number of sulfone groups is 1. The summed E-state index contributed by atoms with van der Waals surface area (Å²) >= 11 is 0. The lowest BCUT2D eigenvalue weighted by Crippen LogP contribution is -2.47. The zero-order valence-electron chi connectivity index (χ0n) is 13.4. The highest BCUT2D eigenvalue weighted by Gasteiger charge is 2.21. The number of hydrogen-bond donors (Lipinski definition) is 2. The molecule has 128 valence electrons. The molecule has 0 aliphatic heterocycles. The van der Waals surface area contributed by atoms with Gasteiger partial charge in [-0.3, -0.25) is 0 Å². The minimum Gasteiger partial charge on any atom is -0.478 e. The summed E-state index contributed by atoms with van der Waals surface area (Å²) in [7, 11) is -3.17. The number of aromatic carboxylic acids is 1. The van der Waals surface area contributed by atoms with Crippen molar-refractivity contribution in [3.63, 3.8) is 0 Å². The molecule has 0 aromatic heterocycles. The first kappa shape index (κ1) is 19.0. The average Bonchev–Trinajstić information content (AvgIpc) is 2.44. The molecule has 1 aromatic carbocycles. The fraction of sp³-hybridized carbons (Fsp3) is 0.467. The summed E-state index contributed by atoms with van der Waals surface area (Å²) in [4.78, 5) is 24.4. The van der Waals surface area contributed by atoms with Gasteiger partial charge in [0.2, 0.25) is 0 Å². The maximum Gasteiger partial charge on any atom is 0.335 e. The molecular weight excluding hydrogens is 320 g/mol. The van der Waals surface area contributed by atoms with Crippen molar-refractivity contribution in [1.29, 1.82) is 0 Å². The smallest absolute Gasteiger partial charge is 0.335 e. The van der Waals surface area contributed by atoms with Crippen LogP contribution < -0.4 is 5.32 Å². The first-order chi connectivity index (χ1) is 10.6. The first-order valence-electron chi connectivity index (χ1n) is 7.18. The van der Waals surface area contributed by atoms with Crippen LogP contribution in [0.3, 0.4) is 0 Å². The van der Waals surface area contributed by atoms with E-state index in [2.05, 4.69) is 5.32 Å². The van der Waals surface area contributed by atoms with Crippen molar-refractivity contribution in [2.45, 2.75) is 26.4 Å². The molecule has 0 radical (unpaired) electrons. The van der Waals surface area contributed by atoms with Crippen molar-refractivity contribution < 1.29 is 23.1 Å². The van der Waals surface area contributed by atoms with Gasteiger partial charge < -0.3 is 15.3 Å². The predicted molar refractivity (Wildman–Crippen MR) is 87.2 cm³/mol. The van der Waals surface area contributed by atoms with Crippen molar-refractivity contribution in [3.05, 3.63) is 35.4 Å². The van der Waals surface area contributed by atoms with E-state index in [1.54, 1.807) is 26.0 Å². The second kappa shape index (κ2) is 7.96. The zero-order valence-corrected chi connectivity index (χ0v) is 14.3. The van der Waals surface area contributed by atoms with Gasteiger partial charge in [-0.25, -0.2) is 18.0 Å². The molecule has 0 fully saturated rings. The van der Waals surface area contributed by atoms with Crippen molar-refractivity contribution >= 4 is 21.8 Å². The van der Waals surface area contributed by atoms with E-state index in [0.717, 1.165) is 11.8 Å². The van der Waals surface area contributed by atoms with E-state index >= 15 is 0 Å². The van der Waals surface area contributed by atoms with Crippen LogP contribution in [0.15, 0.2) is 24.3 Å². The number of amides is 2. The van der Waals surface area contributed by atoms with E-state index in [9.17, 15) is 18.0 Å².